The van der Waals surface area contributed by atoms with Crippen molar-refractivity contribution in [1.29, 1.82) is 0 Å². The second-order valence-corrected chi connectivity index (χ2v) is 7.97. The minimum atomic E-state index is -3.80. The zero-order valence-corrected chi connectivity index (χ0v) is 16.5. The summed E-state index contributed by atoms with van der Waals surface area (Å²) in [6, 6.07) is 15.0. The van der Waals surface area contributed by atoms with Crippen LogP contribution in [-0.2, 0) is 14.8 Å². The van der Waals surface area contributed by atoms with Crippen molar-refractivity contribution in [2.24, 2.45) is 0 Å². The van der Waals surface area contributed by atoms with E-state index in [1.54, 1.807) is 19.1 Å². The smallest absolute Gasteiger partial charge is 0.241 e. The second kappa shape index (κ2) is 8.45. The summed E-state index contributed by atoms with van der Waals surface area (Å²) >= 11 is 0. The molecule has 7 nitrogen and oxygen atoms in total. The Morgan fingerprint density at radius 3 is 2.54 bits per heavy atom. The fourth-order valence-corrected chi connectivity index (χ4v) is 3.69. The Morgan fingerprint density at radius 1 is 1.14 bits per heavy atom. The lowest BCUT2D eigenvalue weighted by molar-refractivity contribution is -0.120. The molecule has 0 saturated heterocycles. The van der Waals surface area contributed by atoms with Gasteiger partial charge in [-0.15, -0.1) is 0 Å². The standard InChI is InChI=1S/C20H22N2O5S/c1-3-26-16-8-10-17(11-9-16)28(24,25)21-13-20(23)22-14(2)19-12-15-6-4-5-7-18(15)27-19/h4-12,14,21H,3,13H2,1-2H3,(H,22,23)/t14-/m1/s1. The molecule has 0 radical (unpaired) electrons. The molecule has 0 aliphatic rings. The quantitative estimate of drug-likeness (QED) is 0.604. The molecule has 0 spiro atoms. The molecule has 1 heterocycles. The average Bonchev–Trinajstić information content (AvgIpc) is 3.12. The molecule has 0 bridgehead atoms. The van der Waals surface area contributed by atoms with E-state index >= 15 is 0 Å². The number of amides is 1. The van der Waals surface area contributed by atoms with Crippen LogP contribution in [0.5, 0.6) is 5.75 Å². The number of ether oxygens (including phenoxy) is 1. The number of sulfonamides is 1. The lowest BCUT2D eigenvalue weighted by atomic mass is 10.2. The Labute approximate surface area is 163 Å². The largest absolute Gasteiger partial charge is 0.494 e. The third-order valence-electron chi connectivity index (χ3n) is 4.12. The highest BCUT2D eigenvalue weighted by Crippen LogP contribution is 2.23. The Hall–Kier alpha value is -2.84. The van der Waals surface area contributed by atoms with Crippen LogP contribution in [0.15, 0.2) is 63.9 Å². The van der Waals surface area contributed by atoms with Crippen molar-refractivity contribution in [2.45, 2.75) is 24.8 Å². The summed E-state index contributed by atoms with van der Waals surface area (Å²) in [6.07, 6.45) is 0. The van der Waals surface area contributed by atoms with Gasteiger partial charge in [0.15, 0.2) is 0 Å². The zero-order chi connectivity index (χ0) is 20.1. The molecule has 3 aromatic rings. The van der Waals surface area contributed by atoms with Crippen molar-refractivity contribution >= 4 is 26.9 Å². The molecule has 148 valence electrons. The molecule has 1 atom stereocenters. The fraction of sp³-hybridized carbons (Fsp3) is 0.250. The first kappa shape index (κ1) is 19.9. The topological polar surface area (TPSA) is 97.6 Å². The van der Waals surface area contributed by atoms with Crippen LogP contribution in [0.3, 0.4) is 0 Å². The second-order valence-electron chi connectivity index (χ2n) is 6.20. The van der Waals surface area contributed by atoms with Crippen LogP contribution < -0.4 is 14.8 Å². The lowest BCUT2D eigenvalue weighted by Crippen LogP contribution is -2.37. The zero-order valence-electron chi connectivity index (χ0n) is 15.6. The first-order chi connectivity index (χ1) is 13.4. The van der Waals surface area contributed by atoms with Crippen molar-refractivity contribution < 1.29 is 22.4 Å². The van der Waals surface area contributed by atoms with E-state index in [4.69, 9.17) is 9.15 Å². The Balaban J connectivity index is 1.58. The highest BCUT2D eigenvalue weighted by molar-refractivity contribution is 7.89. The molecular weight excluding hydrogens is 380 g/mol. The van der Waals surface area contributed by atoms with Gasteiger partial charge in [0.25, 0.3) is 0 Å². The summed E-state index contributed by atoms with van der Waals surface area (Å²) in [5.74, 6) is 0.727. The van der Waals surface area contributed by atoms with E-state index in [1.165, 1.54) is 12.1 Å². The van der Waals surface area contributed by atoms with Gasteiger partial charge in [-0.3, -0.25) is 4.79 Å². The van der Waals surface area contributed by atoms with Crippen LogP contribution in [0.1, 0.15) is 25.6 Å². The third-order valence-corrected chi connectivity index (χ3v) is 5.53. The average molecular weight is 402 g/mol. The highest BCUT2D eigenvalue weighted by atomic mass is 32.2. The van der Waals surface area contributed by atoms with Gasteiger partial charge in [-0.1, -0.05) is 18.2 Å². The molecule has 28 heavy (non-hydrogen) atoms. The van der Waals surface area contributed by atoms with Crippen LogP contribution in [-0.4, -0.2) is 27.5 Å². The Bertz CT molecular complexity index is 1020. The van der Waals surface area contributed by atoms with E-state index in [1.807, 2.05) is 37.3 Å². The minimum Gasteiger partial charge on any atom is -0.494 e. The number of nitrogens with one attached hydrogen (secondary N) is 2. The van der Waals surface area contributed by atoms with Crippen molar-refractivity contribution in [3.63, 3.8) is 0 Å². The number of rotatable bonds is 8. The molecule has 2 N–H and O–H groups in total. The number of fused-ring (bicyclic) bond motifs is 1. The first-order valence-corrected chi connectivity index (χ1v) is 10.4. The molecule has 8 heteroatoms. The van der Waals surface area contributed by atoms with E-state index < -0.39 is 22.0 Å². The molecule has 0 unspecified atom stereocenters. The predicted octanol–water partition coefficient (Wildman–Crippen LogP) is 2.99. The van der Waals surface area contributed by atoms with Gasteiger partial charge in [-0.05, 0) is 50.2 Å². The minimum absolute atomic E-state index is 0.0640. The van der Waals surface area contributed by atoms with Gasteiger partial charge in [-0.2, -0.15) is 0 Å². The number of benzene rings is 2. The Kier molecular flexibility index (Phi) is 6.01. The maximum atomic E-state index is 12.3. The monoisotopic (exact) mass is 402 g/mol. The summed E-state index contributed by atoms with van der Waals surface area (Å²) in [5, 5.41) is 3.67. The SMILES string of the molecule is CCOc1ccc(S(=O)(=O)NCC(=O)N[C@H](C)c2cc3ccccc3o2)cc1. The summed E-state index contributed by atoms with van der Waals surface area (Å²) in [4.78, 5) is 12.2. The van der Waals surface area contributed by atoms with Crippen LogP contribution in [0.25, 0.3) is 11.0 Å². The number of carbonyl (C=O) groups is 1. The van der Waals surface area contributed by atoms with Crippen LogP contribution >= 0.6 is 0 Å². The summed E-state index contributed by atoms with van der Waals surface area (Å²) in [6.45, 7) is 3.74. The van der Waals surface area contributed by atoms with Crippen LogP contribution in [0.4, 0.5) is 0 Å². The van der Waals surface area contributed by atoms with E-state index in [0.29, 0.717) is 18.1 Å². The van der Waals surface area contributed by atoms with Gasteiger partial charge in [0.1, 0.15) is 17.1 Å². The third kappa shape index (κ3) is 4.71. The maximum Gasteiger partial charge on any atom is 0.241 e. The number of furan rings is 1. The highest BCUT2D eigenvalue weighted by Gasteiger charge is 2.18. The van der Waals surface area contributed by atoms with Gasteiger partial charge in [0, 0.05) is 5.39 Å². The fourth-order valence-electron chi connectivity index (χ4n) is 2.71. The van der Waals surface area contributed by atoms with E-state index in [-0.39, 0.29) is 11.4 Å². The molecule has 0 aliphatic carbocycles. The molecule has 2 aromatic carbocycles. The predicted molar refractivity (Wildman–Crippen MR) is 106 cm³/mol. The number of hydrogen-bond donors (Lipinski definition) is 2. The van der Waals surface area contributed by atoms with Gasteiger partial charge >= 0.3 is 0 Å². The normalized spacial score (nSPS) is 12.6. The lowest BCUT2D eigenvalue weighted by Gasteiger charge is -2.12. The van der Waals surface area contributed by atoms with E-state index in [2.05, 4.69) is 10.0 Å². The number of para-hydroxylation sites is 1. The molecule has 0 saturated carbocycles. The van der Waals surface area contributed by atoms with Gasteiger partial charge in [-0.25, -0.2) is 13.1 Å². The van der Waals surface area contributed by atoms with Gasteiger partial charge in [0.05, 0.1) is 24.1 Å². The van der Waals surface area contributed by atoms with E-state index in [0.717, 1.165) is 11.0 Å². The summed E-state index contributed by atoms with van der Waals surface area (Å²) in [7, 11) is -3.80. The molecule has 0 aliphatic heterocycles. The first-order valence-electron chi connectivity index (χ1n) is 8.89. The van der Waals surface area contributed by atoms with Crippen LogP contribution in [0.2, 0.25) is 0 Å². The van der Waals surface area contributed by atoms with Gasteiger partial charge in [0.2, 0.25) is 15.9 Å². The summed E-state index contributed by atoms with van der Waals surface area (Å²) < 4.78 is 38.0. The molecular formula is C20H22N2O5S. The molecule has 3 rings (SSSR count). The van der Waals surface area contributed by atoms with Crippen molar-refractivity contribution in [1.82, 2.24) is 10.0 Å². The molecule has 1 aromatic heterocycles. The molecule has 0 fully saturated rings. The summed E-state index contributed by atoms with van der Waals surface area (Å²) in [5.41, 5.74) is 0.731. The number of carbonyl (C=O) groups excluding carboxylic acids is 1. The van der Waals surface area contributed by atoms with Crippen molar-refractivity contribution in [3.8, 4) is 5.75 Å². The maximum absolute atomic E-state index is 12.3. The van der Waals surface area contributed by atoms with Crippen molar-refractivity contribution in [3.05, 3.63) is 60.4 Å². The number of hydrogen-bond acceptors (Lipinski definition) is 5. The molecule has 1 amide bonds. The van der Waals surface area contributed by atoms with Crippen LogP contribution in [0, 0.1) is 0 Å². The Morgan fingerprint density at radius 2 is 1.86 bits per heavy atom. The van der Waals surface area contributed by atoms with E-state index in [9.17, 15) is 13.2 Å². The van der Waals surface area contributed by atoms with Crippen molar-refractivity contribution in [2.75, 3.05) is 13.2 Å². The van der Waals surface area contributed by atoms with Gasteiger partial charge < -0.3 is 14.5 Å².